The number of carbonyl (C=O) groups is 6. The average molecular weight is 787 g/mol. The van der Waals surface area contributed by atoms with Crippen LogP contribution in [0.25, 0.3) is 0 Å². The Kier molecular flexibility index (Phi) is 11.0. The molecule has 1 saturated heterocycles. The van der Waals surface area contributed by atoms with Crippen molar-refractivity contribution < 1.29 is 51.0 Å². The van der Waals surface area contributed by atoms with E-state index in [0.29, 0.717) is 30.4 Å². The second-order valence-corrected chi connectivity index (χ2v) is 17.6. The summed E-state index contributed by atoms with van der Waals surface area (Å²) >= 11 is 0. The summed E-state index contributed by atoms with van der Waals surface area (Å²) in [6, 6.07) is 1.87. The van der Waals surface area contributed by atoms with E-state index in [1.807, 2.05) is 0 Å². The molecule has 0 radical (unpaired) electrons. The fourth-order valence-corrected chi connectivity index (χ4v) is 8.58. The maximum atomic E-state index is 14.5. The topological polar surface area (TPSA) is 201 Å². The second-order valence-electron chi connectivity index (χ2n) is 15.7. The van der Waals surface area contributed by atoms with Crippen LogP contribution in [0.5, 0.6) is 0 Å². The third-order valence-corrected chi connectivity index (χ3v) is 12.2. The molecule has 16 nitrogen and oxygen atoms in total. The highest BCUT2D eigenvalue weighted by Gasteiger charge is 2.62. The molecule has 1 aromatic rings. The van der Waals surface area contributed by atoms with Gasteiger partial charge in [0.1, 0.15) is 35.1 Å². The molecule has 2 aliphatic carbocycles. The minimum atomic E-state index is -3.99. The van der Waals surface area contributed by atoms with E-state index in [1.165, 1.54) is 21.9 Å². The van der Waals surface area contributed by atoms with E-state index in [2.05, 4.69) is 21.9 Å². The number of fused-ring (bicyclic) bond motifs is 3. The van der Waals surface area contributed by atoms with Crippen LogP contribution in [0.4, 0.5) is 14.0 Å². The summed E-state index contributed by atoms with van der Waals surface area (Å²) in [6.07, 6.45) is 2.65. The minimum Gasteiger partial charge on any atom is -0.444 e. The summed E-state index contributed by atoms with van der Waals surface area (Å²) in [4.78, 5) is 85.7. The van der Waals surface area contributed by atoms with E-state index in [-0.39, 0.29) is 52.0 Å². The average Bonchev–Trinajstić information content (AvgIpc) is 3.99. The number of alkyl carbamates (subject to hydrolysis) is 1. The molecule has 0 aromatic heterocycles. The van der Waals surface area contributed by atoms with Crippen molar-refractivity contribution in [1.29, 1.82) is 0 Å². The van der Waals surface area contributed by atoms with Crippen molar-refractivity contribution in [1.82, 2.24) is 30.1 Å². The van der Waals surface area contributed by atoms with Crippen molar-refractivity contribution in [3.05, 3.63) is 60.0 Å². The highest BCUT2D eigenvalue weighted by atomic mass is 32.2. The quantitative estimate of drug-likeness (QED) is 0.283. The van der Waals surface area contributed by atoms with Gasteiger partial charge in [-0.05, 0) is 70.6 Å². The van der Waals surface area contributed by atoms with E-state index in [4.69, 9.17) is 9.47 Å². The molecule has 5 atom stereocenters. The molecule has 1 aromatic carbocycles. The zero-order chi connectivity index (χ0) is 39.9. The molecule has 6 amide bonds. The zero-order valence-corrected chi connectivity index (χ0v) is 31.9. The van der Waals surface area contributed by atoms with E-state index >= 15 is 0 Å². The van der Waals surface area contributed by atoms with Crippen LogP contribution in [0, 0.1) is 11.7 Å². The van der Waals surface area contributed by atoms with Crippen LogP contribution in [0.1, 0.15) is 70.4 Å². The van der Waals surface area contributed by atoms with E-state index in [1.54, 1.807) is 39.0 Å². The number of nitrogens with one attached hydrogen (secondary N) is 3. The molecule has 0 spiro atoms. The van der Waals surface area contributed by atoms with Crippen molar-refractivity contribution in [2.45, 2.75) is 107 Å². The molecule has 0 unspecified atom stereocenters. The van der Waals surface area contributed by atoms with Crippen LogP contribution in [-0.2, 0) is 51.8 Å². The molecule has 3 aliphatic heterocycles. The standard InChI is InChI=1S/C37H47FN6O10S/c1-5-30(45)42-15-7-6-10-23-18-37(23,33(48)41-55(51,52)25-12-13-25)40-31(46)29-17-24(53-35(50)43-19-22-9-8-11-27(38)26(22)21-43)20-44(29)32(47)28(14-16-42)39-34(49)54-36(2,3)4/h5-6,8-11,23-25,28-29H,1,7,12-21H2,2-4H3,(H,39,49)(H,40,46)(H,41,48)/b10-6-/t23-,24-,28+,29+,37-/m1/s1. The summed E-state index contributed by atoms with van der Waals surface area (Å²) in [6.45, 7) is 8.42. The Morgan fingerprint density at radius 3 is 2.49 bits per heavy atom. The smallest absolute Gasteiger partial charge is 0.410 e. The molecule has 55 heavy (non-hydrogen) atoms. The molecular weight excluding hydrogens is 740 g/mol. The lowest BCUT2D eigenvalue weighted by molar-refractivity contribution is -0.141. The molecule has 2 saturated carbocycles. The lowest BCUT2D eigenvalue weighted by Crippen LogP contribution is -2.58. The number of nitrogens with zero attached hydrogens (tertiary/aromatic N) is 3. The number of carbonyl (C=O) groups excluding carboxylic acids is 6. The Morgan fingerprint density at radius 1 is 1.07 bits per heavy atom. The van der Waals surface area contributed by atoms with Gasteiger partial charge in [-0.3, -0.25) is 28.8 Å². The van der Waals surface area contributed by atoms with E-state index < -0.39 is 92.2 Å². The highest BCUT2D eigenvalue weighted by molar-refractivity contribution is 7.91. The van der Waals surface area contributed by atoms with Crippen molar-refractivity contribution in [2.75, 3.05) is 19.6 Å². The van der Waals surface area contributed by atoms with Gasteiger partial charge in [0.05, 0.1) is 18.3 Å². The normalized spacial score (nSPS) is 27.6. The Morgan fingerprint density at radius 2 is 1.82 bits per heavy atom. The Hall–Kier alpha value is -5.00. The largest absolute Gasteiger partial charge is 0.444 e. The van der Waals surface area contributed by atoms with Crippen molar-refractivity contribution >= 4 is 45.8 Å². The monoisotopic (exact) mass is 786 g/mol. The SMILES string of the molecule is C=CC(=O)N1CC/C=C\[C@@H]2C[C@@]2(C(=O)NS(=O)(=O)C2CC2)NC(=O)[C@@H]2C[C@@H](OC(=O)N3Cc4cccc(F)c4C3)CN2C(=O)[C@@H](NC(=O)OC(C)(C)C)CC1. The summed E-state index contributed by atoms with van der Waals surface area (Å²) in [5, 5.41) is 4.61. The maximum absolute atomic E-state index is 14.5. The van der Waals surface area contributed by atoms with Crippen LogP contribution in [0.2, 0.25) is 0 Å². The fourth-order valence-electron chi connectivity index (χ4n) is 7.21. The maximum Gasteiger partial charge on any atom is 0.410 e. The lowest BCUT2D eigenvalue weighted by atomic mass is 10.1. The molecule has 3 fully saturated rings. The summed E-state index contributed by atoms with van der Waals surface area (Å²) in [5.74, 6) is -3.97. The molecule has 18 heteroatoms. The van der Waals surface area contributed by atoms with Gasteiger partial charge in [-0.1, -0.05) is 30.9 Å². The first-order chi connectivity index (χ1) is 25.9. The number of hydrogen-bond acceptors (Lipinski definition) is 10. The van der Waals surface area contributed by atoms with Crippen molar-refractivity contribution in [2.24, 2.45) is 5.92 Å². The Labute approximate surface area is 318 Å². The third kappa shape index (κ3) is 8.95. The van der Waals surface area contributed by atoms with E-state index in [9.17, 15) is 41.6 Å². The van der Waals surface area contributed by atoms with Crippen LogP contribution < -0.4 is 15.4 Å². The number of rotatable bonds is 6. The first kappa shape index (κ1) is 39.7. The number of halogens is 1. The van der Waals surface area contributed by atoms with E-state index in [0.717, 1.165) is 11.0 Å². The van der Waals surface area contributed by atoms with Gasteiger partial charge in [-0.2, -0.15) is 0 Å². The second kappa shape index (κ2) is 15.3. The predicted molar refractivity (Wildman–Crippen MR) is 193 cm³/mol. The first-order valence-electron chi connectivity index (χ1n) is 18.4. The van der Waals surface area contributed by atoms with Crippen LogP contribution in [0.15, 0.2) is 43.0 Å². The number of amides is 6. The van der Waals surface area contributed by atoms with Crippen LogP contribution >= 0.6 is 0 Å². The van der Waals surface area contributed by atoms with Gasteiger partial charge in [0.2, 0.25) is 27.7 Å². The van der Waals surface area contributed by atoms with Gasteiger partial charge >= 0.3 is 12.2 Å². The van der Waals surface area contributed by atoms with Gasteiger partial charge < -0.3 is 29.9 Å². The molecule has 298 valence electrons. The molecule has 5 aliphatic rings. The first-order valence-corrected chi connectivity index (χ1v) is 19.9. The molecule has 3 heterocycles. The number of hydrogen-bond donors (Lipinski definition) is 3. The van der Waals surface area contributed by atoms with Crippen molar-refractivity contribution in [3.8, 4) is 0 Å². The van der Waals surface area contributed by atoms with Crippen LogP contribution in [-0.4, -0.2) is 113 Å². The summed E-state index contributed by atoms with van der Waals surface area (Å²) < 4.78 is 53.5. The summed E-state index contributed by atoms with van der Waals surface area (Å²) in [7, 11) is -3.99. The van der Waals surface area contributed by atoms with Gasteiger partial charge in [0.25, 0.3) is 5.91 Å². The molecule has 0 bridgehead atoms. The van der Waals surface area contributed by atoms with Gasteiger partial charge in [-0.15, -0.1) is 0 Å². The number of ether oxygens (including phenoxy) is 2. The molecular formula is C37H47FN6O10S. The highest BCUT2D eigenvalue weighted by Crippen LogP contribution is 2.46. The zero-order valence-electron chi connectivity index (χ0n) is 31.0. The van der Waals surface area contributed by atoms with Crippen LogP contribution in [0.3, 0.4) is 0 Å². The number of sulfonamides is 1. The summed E-state index contributed by atoms with van der Waals surface area (Å²) in [5.41, 5.74) is -1.63. The molecule has 6 rings (SSSR count). The molecule has 3 N–H and O–H groups in total. The lowest BCUT2D eigenvalue weighted by Gasteiger charge is -2.31. The minimum absolute atomic E-state index is 0.00507. The van der Waals surface area contributed by atoms with Crippen molar-refractivity contribution in [3.63, 3.8) is 0 Å². The Bertz CT molecular complexity index is 1910. The predicted octanol–water partition coefficient (Wildman–Crippen LogP) is 1.99. The number of benzene rings is 1. The van der Waals surface area contributed by atoms with Gasteiger partial charge in [0.15, 0.2) is 0 Å². The van der Waals surface area contributed by atoms with Gasteiger partial charge in [-0.25, -0.2) is 22.4 Å². The third-order valence-electron chi connectivity index (χ3n) is 10.4. The Balaban J connectivity index is 1.30. The fraction of sp³-hybridized carbons (Fsp3) is 0.568. The van der Waals surface area contributed by atoms with Gasteiger partial charge in [0, 0.05) is 37.5 Å².